The van der Waals surface area contributed by atoms with Gasteiger partial charge in [-0.05, 0) is 12.1 Å². The molecular formula is C11H6ClF3N4O. The molecule has 0 atom stereocenters. The van der Waals surface area contributed by atoms with Gasteiger partial charge in [-0.3, -0.25) is 0 Å². The number of aromatic nitrogens is 4. The summed E-state index contributed by atoms with van der Waals surface area (Å²) in [5, 5.41) is -0.333. The molecule has 3 aromatic heterocycles. The Morgan fingerprint density at radius 2 is 2.10 bits per heavy atom. The molecule has 0 aromatic carbocycles. The SMILES string of the molecule is FC(F)(F)c1nc(Cl)c2ncn(Cc3ccco3)c2n1. The molecule has 5 nitrogen and oxygen atoms in total. The summed E-state index contributed by atoms with van der Waals surface area (Å²) in [5.41, 5.74) is 0.125. The van der Waals surface area contributed by atoms with Crippen LogP contribution in [0.25, 0.3) is 11.2 Å². The molecular weight excluding hydrogens is 297 g/mol. The van der Waals surface area contributed by atoms with E-state index >= 15 is 0 Å². The molecule has 3 aromatic rings. The van der Waals surface area contributed by atoms with Crippen molar-refractivity contribution in [2.75, 3.05) is 0 Å². The number of nitrogens with zero attached hydrogens (tertiary/aromatic N) is 4. The summed E-state index contributed by atoms with van der Waals surface area (Å²) in [6.45, 7) is 0.203. The van der Waals surface area contributed by atoms with E-state index < -0.39 is 12.0 Å². The van der Waals surface area contributed by atoms with Gasteiger partial charge in [-0.2, -0.15) is 13.2 Å². The number of alkyl halides is 3. The first kappa shape index (κ1) is 12.9. The van der Waals surface area contributed by atoms with Gasteiger partial charge in [-0.15, -0.1) is 0 Å². The van der Waals surface area contributed by atoms with E-state index in [0.717, 1.165) is 0 Å². The Hall–Kier alpha value is -2.09. The number of imidazole rings is 1. The van der Waals surface area contributed by atoms with Crippen molar-refractivity contribution in [2.24, 2.45) is 0 Å². The Balaban J connectivity index is 2.12. The first-order valence-electron chi connectivity index (χ1n) is 5.43. The Morgan fingerprint density at radius 1 is 1.30 bits per heavy atom. The fraction of sp³-hybridized carbons (Fsp3) is 0.182. The molecule has 104 valence electrons. The second-order valence-corrected chi connectivity index (χ2v) is 4.32. The normalized spacial score (nSPS) is 12.2. The molecule has 0 radical (unpaired) electrons. The average Bonchev–Trinajstić information content (AvgIpc) is 2.99. The lowest BCUT2D eigenvalue weighted by Gasteiger charge is -2.06. The Kier molecular flexibility index (Phi) is 2.89. The van der Waals surface area contributed by atoms with Crippen molar-refractivity contribution in [1.29, 1.82) is 0 Å². The Bertz CT molecular complexity index is 751. The van der Waals surface area contributed by atoms with Crippen LogP contribution in [0.2, 0.25) is 5.15 Å². The van der Waals surface area contributed by atoms with Crippen LogP contribution in [0.5, 0.6) is 0 Å². The Labute approximate surface area is 115 Å². The van der Waals surface area contributed by atoms with Crippen LogP contribution < -0.4 is 0 Å². The van der Waals surface area contributed by atoms with E-state index in [2.05, 4.69) is 15.0 Å². The monoisotopic (exact) mass is 302 g/mol. The van der Waals surface area contributed by atoms with Crippen LogP contribution in [0, 0.1) is 0 Å². The maximum Gasteiger partial charge on any atom is 0.451 e. The maximum atomic E-state index is 12.7. The lowest BCUT2D eigenvalue weighted by molar-refractivity contribution is -0.144. The molecule has 0 spiro atoms. The third kappa shape index (κ3) is 2.22. The summed E-state index contributed by atoms with van der Waals surface area (Å²) in [5.74, 6) is -0.733. The van der Waals surface area contributed by atoms with E-state index in [4.69, 9.17) is 16.0 Å². The van der Waals surface area contributed by atoms with Gasteiger partial charge < -0.3 is 8.98 Å². The van der Waals surface area contributed by atoms with Crippen molar-refractivity contribution in [3.05, 3.63) is 41.5 Å². The zero-order valence-corrected chi connectivity index (χ0v) is 10.5. The third-order valence-electron chi connectivity index (χ3n) is 2.58. The minimum atomic E-state index is -4.67. The zero-order valence-electron chi connectivity index (χ0n) is 9.73. The van der Waals surface area contributed by atoms with Gasteiger partial charge in [0.05, 0.1) is 19.1 Å². The van der Waals surface area contributed by atoms with E-state index in [1.807, 2.05) is 0 Å². The minimum absolute atomic E-state index is 0.00808. The molecule has 0 fully saturated rings. The van der Waals surface area contributed by atoms with Crippen molar-refractivity contribution >= 4 is 22.8 Å². The maximum absolute atomic E-state index is 12.7. The molecule has 9 heteroatoms. The van der Waals surface area contributed by atoms with Crippen molar-refractivity contribution < 1.29 is 17.6 Å². The number of rotatable bonds is 2. The van der Waals surface area contributed by atoms with E-state index in [-0.39, 0.29) is 22.9 Å². The van der Waals surface area contributed by atoms with E-state index in [1.165, 1.54) is 17.2 Å². The van der Waals surface area contributed by atoms with Crippen LogP contribution in [0.1, 0.15) is 11.6 Å². The van der Waals surface area contributed by atoms with Gasteiger partial charge in [-0.1, -0.05) is 11.6 Å². The highest BCUT2D eigenvalue weighted by molar-refractivity contribution is 6.33. The average molecular weight is 303 g/mol. The summed E-state index contributed by atoms with van der Waals surface area (Å²) >= 11 is 5.71. The van der Waals surface area contributed by atoms with E-state index in [9.17, 15) is 13.2 Å². The van der Waals surface area contributed by atoms with Crippen LogP contribution in [-0.4, -0.2) is 19.5 Å². The molecule has 0 unspecified atom stereocenters. The molecule has 20 heavy (non-hydrogen) atoms. The highest BCUT2D eigenvalue weighted by atomic mass is 35.5. The number of furan rings is 1. The van der Waals surface area contributed by atoms with Gasteiger partial charge in [-0.25, -0.2) is 15.0 Å². The summed E-state index contributed by atoms with van der Waals surface area (Å²) in [6.07, 6.45) is -1.86. The number of hydrogen-bond donors (Lipinski definition) is 0. The highest BCUT2D eigenvalue weighted by Crippen LogP contribution is 2.29. The summed E-state index contributed by atoms with van der Waals surface area (Å²) < 4.78 is 44.6. The molecule has 0 aliphatic rings. The molecule has 0 saturated heterocycles. The van der Waals surface area contributed by atoms with Crippen molar-refractivity contribution in [3.8, 4) is 0 Å². The topological polar surface area (TPSA) is 56.7 Å². The van der Waals surface area contributed by atoms with Crippen LogP contribution in [0.15, 0.2) is 29.1 Å². The highest BCUT2D eigenvalue weighted by Gasteiger charge is 2.36. The molecule has 0 aliphatic carbocycles. The molecule has 3 heterocycles. The number of hydrogen-bond acceptors (Lipinski definition) is 4. The lowest BCUT2D eigenvalue weighted by Crippen LogP contribution is -2.12. The standard InChI is InChI=1S/C11H6ClF3N4O/c12-8-7-9(18-10(17-8)11(13,14)15)19(5-16-7)4-6-2-1-3-20-6/h1-3,5H,4H2. The molecule has 0 N–H and O–H groups in total. The summed E-state index contributed by atoms with van der Waals surface area (Å²) in [6, 6.07) is 3.37. The second kappa shape index (κ2) is 4.48. The zero-order chi connectivity index (χ0) is 14.3. The number of halogens is 4. The van der Waals surface area contributed by atoms with E-state index in [0.29, 0.717) is 5.76 Å². The van der Waals surface area contributed by atoms with Gasteiger partial charge in [0.1, 0.15) is 11.3 Å². The van der Waals surface area contributed by atoms with Gasteiger partial charge in [0, 0.05) is 0 Å². The van der Waals surface area contributed by atoms with Crippen LogP contribution in [-0.2, 0) is 12.7 Å². The lowest BCUT2D eigenvalue weighted by atomic mass is 10.4. The fourth-order valence-electron chi connectivity index (χ4n) is 1.72. The number of fused-ring (bicyclic) bond motifs is 1. The second-order valence-electron chi connectivity index (χ2n) is 3.96. The minimum Gasteiger partial charge on any atom is -0.467 e. The largest absolute Gasteiger partial charge is 0.467 e. The fourth-order valence-corrected chi connectivity index (χ4v) is 1.94. The van der Waals surface area contributed by atoms with Crippen LogP contribution in [0.3, 0.4) is 0 Å². The van der Waals surface area contributed by atoms with Crippen molar-refractivity contribution in [1.82, 2.24) is 19.5 Å². The van der Waals surface area contributed by atoms with Crippen LogP contribution >= 0.6 is 11.6 Å². The first-order valence-corrected chi connectivity index (χ1v) is 5.81. The summed E-state index contributed by atoms with van der Waals surface area (Å²) in [7, 11) is 0. The summed E-state index contributed by atoms with van der Waals surface area (Å²) in [4.78, 5) is 10.6. The van der Waals surface area contributed by atoms with Gasteiger partial charge in [0.25, 0.3) is 0 Å². The van der Waals surface area contributed by atoms with Crippen molar-refractivity contribution in [3.63, 3.8) is 0 Å². The van der Waals surface area contributed by atoms with Gasteiger partial charge in [0.2, 0.25) is 5.82 Å². The molecule has 0 bridgehead atoms. The van der Waals surface area contributed by atoms with Crippen molar-refractivity contribution in [2.45, 2.75) is 12.7 Å². The molecule has 3 rings (SSSR count). The van der Waals surface area contributed by atoms with Gasteiger partial charge >= 0.3 is 6.18 Å². The first-order chi connectivity index (χ1) is 9.45. The molecule has 0 saturated carbocycles. The van der Waals surface area contributed by atoms with E-state index in [1.54, 1.807) is 12.1 Å². The molecule has 0 amide bonds. The quantitative estimate of drug-likeness (QED) is 0.682. The Morgan fingerprint density at radius 3 is 2.75 bits per heavy atom. The predicted molar refractivity (Wildman–Crippen MR) is 63.1 cm³/mol. The molecule has 0 aliphatic heterocycles. The predicted octanol–water partition coefficient (Wildman–Crippen LogP) is 3.14. The third-order valence-corrected chi connectivity index (χ3v) is 2.84. The van der Waals surface area contributed by atoms with Gasteiger partial charge in [0.15, 0.2) is 10.8 Å². The van der Waals surface area contributed by atoms with Crippen LogP contribution in [0.4, 0.5) is 13.2 Å². The smallest absolute Gasteiger partial charge is 0.451 e.